The van der Waals surface area contributed by atoms with Crippen LogP contribution in [0.2, 0.25) is 0 Å². The molecule has 1 saturated heterocycles. The minimum absolute atomic E-state index is 0.127. The fraction of sp³-hybridized carbons (Fsp3) is 0.370. The second-order valence-electron chi connectivity index (χ2n) is 9.87. The number of benzene rings is 2. The lowest BCUT2D eigenvalue weighted by atomic mass is 10.0. The molecule has 1 aliphatic rings. The van der Waals surface area contributed by atoms with Crippen molar-refractivity contribution in [2.24, 2.45) is 0 Å². The van der Waals surface area contributed by atoms with E-state index in [-0.39, 0.29) is 18.0 Å². The van der Waals surface area contributed by atoms with Gasteiger partial charge in [0.05, 0.1) is 22.3 Å². The number of piperidine rings is 1. The van der Waals surface area contributed by atoms with Crippen molar-refractivity contribution < 1.29 is 27.5 Å². The molecule has 1 aliphatic heterocycles. The Bertz CT molecular complexity index is 1280. The first-order chi connectivity index (χ1) is 16.9. The van der Waals surface area contributed by atoms with Gasteiger partial charge in [-0.3, -0.25) is 4.79 Å². The first-order valence-corrected chi connectivity index (χ1v) is 11.8. The van der Waals surface area contributed by atoms with E-state index in [2.05, 4.69) is 10.3 Å². The van der Waals surface area contributed by atoms with E-state index >= 15 is 0 Å². The summed E-state index contributed by atoms with van der Waals surface area (Å²) in [5.41, 5.74) is 0.0878. The highest BCUT2D eigenvalue weighted by Gasteiger charge is 2.31. The number of aromatic nitrogens is 1. The van der Waals surface area contributed by atoms with E-state index in [0.717, 1.165) is 12.1 Å². The first-order valence-electron chi connectivity index (χ1n) is 11.8. The summed E-state index contributed by atoms with van der Waals surface area (Å²) < 4.78 is 44.9. The maximum Gasteiger partial charge on any atom is 0.416 e. The van der Waals surface area contributed by atoms with Gasteiger partial charge in [-0.15, -0.1) is 0 Å². The summed E-state index contributed by atoms with van der Waals surface area (Å²) in [6.45, 7) is 6.37. The van der Waals surface area contributed by atoms with E-state index in [1.165, 1.54) is 6.07 Å². The zero-order chi connectivity index (χ0) is 26.1. The minimum atomic E-state index is -4.46. The molecular weight excluding hydrogens is 471 g/mol. The van der Waals surface area contributed by atoms with Gasteiger partial charge in [-0.05, 0) is 57.9 Å². The number of para-hydroxylation sites is 1. The number of carbonyl (C=O) groups is 2. The van der Waals surface area contributed by atoms with Crippen LogP contribution in [0.1, 0.15) is 49.5 Å². The molecule has 0 saturated carbocycles. The topological polar surface area (TPSA) is 71.5 Å². The van der Waals surface area contributed by atoms with Gasteiger partial charge in [0.1, 0.15) is 5.60 Å². The fourth-order valence-electron chi connectivity index (χ4n) is 4.14. The van der Waals surface area contributed by atoms with Gasteiger partial charge >= 0.3 is 12.3 Å². The summed E-state index contributed by atoms with van der Waals surface area (Å²) in [7, 11) is 0. The number of rotatable bonds is 3. The summed E-state index contributed by atoms with van der Waals surface area (Å²) in [5, 5.41) is 3.72. The molecule has 0 bridgehead atoms. The Labute approximate surface area is 207 Å². The Morgan fingerprint density at radius 3 is 2.36 bits per heavy atom. The molecule has 1 N–H and O–H groups in total. The van der Waals surface area contributed by atoms with Crippen LogP contribution in [-0.4, -0.2) is 46.6 Å². The Hall–Kier alpha value is -3.62. The Balaban J connectivity index is 1.50. The SMILES string of the molecule is CC(C)(C)OC(=O)N1CCC(NC(=O)c2cccc3ccc(-c4cccc(C(F)(F)F)c4)nc23)CC1. The van der Waals surface area contributed by atoms with Crippen LogP contribution in [0.5, 0.6) is 0 Å². The molecule has 3 aromatic rings. The molecule has 2 aromatic carbocycles. The number of ether oxygens (including phenoxy) is 1. The number of amides is 2. The molecule has 36 heavy (non-hydrogen) atoms. The maximum atomic E-state index is 13.2. The third kappa shape index (κ3) is 5.95. The highest BCUT2D eigenvalue weighted by atomic mass is 19.4. The molecule has 0 spiro atoms. The molecule has 0 radical (unpaired) electrons. The maximum absolute atomic E-state index is 13.2. The van der Waals surface area contributed by atoms with Crippen molar-refractivity contribution in [3.05, 3.63) is 65.7 Å². The van der Waals surface area contributed by atoms with Crippen LogP contribution in [0.3, 0.4) is 0 Å². The van der Waals surface area contributed by atoms with E-state index in [9.17, 15) is 22.8 Å². The number of hydrogen-bond donors (Lipinski definition) is 1. The lowest BCUT2D eigenvalue weighted by Crippen LogP contribution is -2.47. The number of pyridine rings is 1. The first kappa shape index (κ1) is 25.5. The number of nitrogens with one attached hydrogen (secondary N) is 1. The minimum Gasteiger partial charge on any atom is -0.444 e. The molecule has 6 nitrogen and oxygen atoms in total. The summed E-state index contributed by atoms with van der Waals surface area (Å²) in [6, 6.07) is 13.4. The average Bonchev–Trinajstić information content (AvgIpc) is 2.82. The van der Waals surface area contributed by atoms with Crippen LogP contribution in [0.25, 0.3) is 22.2 Å². The number of hydrogen-bond acceptors (Lipinski definition) is 4. The molecule has 190 valence electrons. The quantitative estimate of drug-likeness (QED) is 0.476. The lowest BCUT2D eigenvalue weighted by molar-refractivity contribution is -0.137. The van der Waals surface area contributed by atoms with Crippen molar-refractivity contribution in [2.45, 2.75) is 51.4 Å². The monoisotopic (exact) mass is 499 g/mol. The highest BCUT2D eigenvalue weighted by Crippen LogP contribution is 2.32. The fourth-order valence-corrected chi connectivity index (χ4v) is 4.14. The van der Waals surface area contributed by atoms with Gasteiger partial charge in [-0.2, -0.15) is 13.2 Å². The van der Waals surface area contributed by atoms with Crippen LogP contribution in [0, 0.1) is 0 Å². The standard InChI is InChI=1S/C27H28F3N3O3/c1-26(2,3)36-25(35)33-14-12-20(13-15-33)31-24(34)21-9-5-6-17-10-11-22(32-23(17)21)18-7-4-8-19(16-18)27(28,29)30/h4-11,16,20H,12-15H2,1-3H3,(H,31,34). The molecule has 1 fully saturated rings. The molecule has 4 rings (SSSR count). The number of alkyl halides is 3. The van der Waals surface area contributed by atoms with Crippen molar-refractivity contribution in [1.29, 1.82) is 0 Å². The van der Waals surface area contributed by atoms with Gasteiger partial charge in [0, 0.05) is 30.1 Å². The molecule has 0 unspecified atom stereocenters. The van der Waals surface area contributed by atoms with Crippen molar-refractivity contribution in [1.82, 2.24) is 15.2 Å². The second kappa shape index (κ2) is 9.79. The summed E-state index contributed by atoms with van der Waals surface area (Å²) in [6.07, 6.45) is -3.67. The number of nitrogens with zero attached hydrogens (tertiary/aromatic N) is 2. The molecule has 2 amide bonds. The highest BCUT2D eigenvalue weighted by molar-refractivity contribution is 6.06. The summed E-state index contributed by atoms with van der Waals surface area (Å²) in [4.78, 5) is 31.6. The van der Waals surface area contributed by atoms with Gasteiger partial charge in [0.25, 0.3) is 5.91 Å². The van der Waals surface area contributed by atoms with Gasteiger partial charge < -0.3 is 15.0 Å². The van der Waals surface area contributed by atoms with Gasteiger partial charge in [-0.25, -0.2) is 9.78 Å². The number of halogens is 3. The summed E-state index contributed by atoms with van der Waals surface area (Å²) in [5.74, 6) is -0.315. The van der Waals surface area contributed by atoms with Crippen LogP contribution >= 0.6 is 0 Å². The number of fused-ring (bicyclic) bond motifs is 1. The number of likely N-dealkylation sites (tertiary alicyclic amines) is 1. The van der Waals surface area contributed by atoms with Crippen LogP contribution < -0.4 is 5.32 Å². The van der Waals surface area contributed by atoms with Crippen molar-refractivity contribution in [2.75, 3.05) is 13.1 Å². The zero-order valence-electron chi connectivity index (χ0n) is 20.4. The Morgan fingerprint density at radius 1 is 1.00 bits per heavy atom. The molecule has 0 atom stereocenters. The van der Waals surface area contributed by atoms with Crippen LogP contribution in [0.4, 0.5) is 18.0 Å². The second-order valence-corrected chi connectivity index (χ2v) is 9.87. The zero-order valence-corrected chi connectivity index (χ0v) is 20.4. The smallest absolute Gasteiger partial charge is 0.416 e. The van der Waals surface area contributed by atoms with E-state index < -0.39 is 17.3 Å². The van der Waals surface area contributed by atoms with Gasteiger partial charge in [0.15, 0.2) is 0 Å². The molecule has 0 aliphatic carbocycles. The van der Waals surface area contributed by atoms with E-state index in [0.29, 0.717) is 53.7 Å². The Morgan fingerprint density at radius 2 is 1.69 bits per heavy atom. The van der Waals surface area contributed by atoms with Crippen LogP contribution in [0.15, 0.2) is 54.6 Å². The molecule has 9 heteroatoms. The average molecular weight is 500 g/mol. The van der Waals surface area contributed by atoms with E-state index in [4.69, 9.17) is 4.74 Å². The van der Waals surface area contributed by atoms with Crippen molar-refractivity contribution in [3.63, 3.8) is 0 Å². The predicted molar refractivity (Wildman–Crippen MR) is 130 cm³/mol. The normalized spacial score (nSPS) is 15.1. The largest absolute Gasteiger partial charge is 0.444 e. The lowest BCUT2D eigenvalue weighted by Gasteiger charge is -2.33. The summed E-state index contributed by atoms with van der Waals surface area (Å²) >= 11 is 0. The molecule has 1 aromatic heterocycles. The van der Waals surface area contributed by atoms with E-state index in [1.807, 2.05) is 20.8 Å². The number of carbonyl (C=O) groups excluding carboxylic acids is 2. The van der Waals surface area contributed by atoms with Crippen molar-refractivity contribution >= 4 is 22.9 Å². The molecular formula is C27H28F3N3O3. The van der Waals surface area contributed by atoms with Gasteiger partial charge in [0.2, 0.25) is 0 Å². The third-order valence-electron chi connectivity index (χ3n) is 5.93. The third-order valence-corrected chi connectivity index (χ3v) is 5.93. The van der Waals surface area contributed by atoms with Crippen molar-refractivity contribution in [3.8, 4) is 11.3 Å². The Kier molecular flexibility index (Phi) is 6.93. The van der Waals surface area contributed by atoms with Gasteiger partial charge in [-0.1, -0.05) is 30.3 Å². The predicted octanol–water partition coefficient (Wildman–Crippen LogP) is 6.05. The van der Waals surface area contributed by atoms with E-state index in [1.54, 1.807) is 41.3 Å². The van der Waals surface area contributed by atoms with Crippen LogP contribution in [-0.2, 0) is 10.9 Å². The molecule has 2 heterocycles.